The first-order valence-corrected chi connectivity index (χ1v) is 13.0. The normalized spacial score (nSPS) is 46.3. The van der Waals surface area contributed by atoms with Crippen LogP contribution in [0.3, 0.4) is 0 Å². The number of rotatable bonds is 6. The number of hydrogen-bond acceptors (Lipinski definition) is 6. The summed E-state index contributed by atoms with van der Waals surface area (Å²) in [5, 5.41) is 47.0. The Labute approximate surface area is 225 Å². The van der Waals surface area contributed by atoms with Gasteiger partial charge in [0.2, 0.25) is 5.91 Å². The van der Waals surface area contributed by atoms with Gasteiger partial charge in [0.05, 0.1) is 30.3 Å². The molecule has 4 N–H and O–H groups in total. The van der Waals surface area contributed by atoms with E-state index in [4.69, 9.17) is 0 Å². The molecule has 10 atom stereocenters. The van der Waals surface area contributed by atoms with Gasteiger partial charge in [-0.3, -0.25) is 4.79 Å². The van der Waals surface area contributed by atoms with Crippen LogP contribution in [0.1, 0.15) is 85.0 Å². The first-order chi connectivity index (χ1) is 15.4. The second-order valence-electron chi connectivity index (χ2n) is 12.2. The van der Waals surface area contributed by atoms with Crippen molar-refractivity contribution in [1.29, 1.82) is 0 Å². The van der Waals surface area contributed by atoms with Crippen molar-refractivity contribution in [2.75, 3.05) is 6.54 Å². The van der Waals surface area contributed by atoms with Gasteiger partial charge in [-0.1, -0.05) is 20.8 Å². The first-order valence-electron chi connectivity index (χ1n) is 13.0. The number of aliphatic carboxylic acids is 1. The van der Waals surface area contributed by atoms with E-state index < -0.39 is 29.6 Å². The number of amides is 1. The van der Waals surface area contributed by atoms with E-state index in [1.165, 1.54) is 0 Å². The van der Waals surface area contributed by atoms with E-state index in [-0.39, 0.29) is 77.1 Å². The van der Waals surface area contributed by atoms with E-state index in [0.29, 0.717) is 18.8 Å². The molecule has 7 nitrogen and oxygen atoms in total. The minimum atomic E-state index is -1.30. The molecule has 1 amide bonds. The van der Waals surface area contributed by atoms with Gasteiger partial charge in [-0.15, -0.1) is 0 Å². The number of aliphatic hydroxyl groups is 3. The summed E-state index contributed by atoms with van der Waals surface area (Å²) in [4.78, 5) is 22.6. The predicted molar refractivity (Wildman–Crippen MR) is 120 cm³/mol. The summed E-state index contributed by atoms with van der Waals surface area (Å²) >= 11 is 0. The van der Waals surface area contributed by atoms with E-state index in [0.717, 1.165) is 44.9 Å². The molecule has 0 bridgehead atoms. The number of carboxylic acids is 1. The van der Waals surface area contributed by atoms with E-state index >= 15 is 0 Å². The van der Waals surface area contributed by atoms with Crippen molar-refractivity contribution in [2.24, 2.45) is 40.4 Å². The number of fused-ring (bicyclic) bond motifs is 5. The summed E-state index contributed by atoms with van der Waals surface area (Å²) in [6.45, 7) is 6.09. The van der Waals surface area contributed by atoms with Crippen LogP contribution < -0.4 is 40.0 Å². The molecule has 0 aliphatic heterocycles. The Morgan fingerprint density at radius 1 is 1.06 bits per heavy atom. The van der Waals surface area contributed by atoms with Gasteiger partial charge in [0.15, 0.2) is 0 Å². The molecule has 4 rings (SSSR count). The topological polar surface area (TPSA) is 130 Å². The summed E-state index contributed by atoms with van der Waals surface area (Å²) < 4.78 is 0. The molecule has 8 heteroatoms. The number of carbonyl (C=O) groups is 2. The van der Waals surface area contributed by atoms with Gasteiger partial charge >= 0.3 is 29.6 Å². The van der Waals surface area contributed by atoms with Crippen molar-refractivity contribution in [3.05, 3.63) is 0 Å². The summed E-state index contributed by atoms with van der Waals surface area (Å²) in [6.07, 6.45) is 6.69. The molecular formula is C26H42NNaO6. The fraction of sp³-hybridized carbons (Fsp3) is 0.923. The summed E-state index contributed by atoms with van der Waals surface area (Å²) in [7, 11) is 0. The maximum Gasteiger partial charge on any atom is 1.00 e. The Morgan fingerprint density at radius 2 is 1.76 bits per heavy atom. The van der Waals surface area contributed by atoms with Crippen molar-refractivity contribution in [2.45, 2.75) is 103 Å². The van der Waals surface area contributed by atoms with Crippen molar-refractivity contribution >= 4 is 11.9 Å². The van der Waals surface area contributed by atoms with Gasteiger partial charge in [0.1, 0.15) is 0 Å². The smallest absolute Gasteiger partial charge is 0.548 e. The molecule has 4 aliphatic carbocycles. The molecule has 0 aromatic rings. The molecule has 0 spiro atoms. The minimum Gasteiger partial charge on any atom is -0.548 e. The van der Waals surface area contributed by atoms with E-state index in [1.54, 1.807) is 0 Å². The van der Waals surface area contributed by atoms with E-state index in [1.807, 2.05) is 0 Å². The average molecular weight is 488 g/mol. The van der Waals surface area contributed by atoms with Crippen LogP contribution >= 0.6 is 0 Å². The van der Waals surface area contributed by atoms with Gasteiger partial charge in [0, 0.05) is 11.8 Å². The SMILES string of the molecule is CC(CCC(=O)NCC(=O)[O-])C1CCC2[C@@]3(O)CCC4C[C@H](O)CC[C@]4(C)C3C[C@H](O)[C@]12C.[Na+]. The Hall–Kier alpha value is -0.180. The molecule has 188 valence electrons. The number of hydrogen-bond donors (Lipinski definition) is 4. The molecule has 0 aromatic heterocycles. The molecule has 0 heterocycles. The molecular weight excluding hydrogens is 445 g/mol. The van der Waals surface area contributed by atoms with Crippen molar-refractivity contribution in [3.8, 4) is 0 Å². The molecule has 4 fully saturated rings. The van der Waals surface area contributed by atoms with Gasteiger partial charge < -0.3 is 30.5 Å². The van der Waals surface area contributed by atoms with Crippen LogP contribution in [0.5, 0.6) is 0 Å². The summed E-state index contributed by atoms with van der Waals surface area (Å²) in [5.41, 5.74) is -1.24. The third kappa shape index (κ3) is 4.63. The second kappa shape index (κ2) is 10.3. The third-order valence-corrected chi connectivity index (χ3v) is 10.8. The second-order valence-corrected chi connectivity index (χ2v) is 12.2. The monoisotopic (exact) mass is 487 g/mol. The number of carboxylic acid groups (broad SMARTS) is 1. The number of aliphatic hydroxyl groups excluding tert-OH is 2. The van der Waals surface area contributed by atoms with Crippen LogP contribution in [0.2, 0.25) is 0 Å². The van der Waals surface area contributed by atoms with Crippen LogP contribution in [0, 0.1) is 40.4 Å². The molecule has 0 saturated heterocycles. The molecule has 0 aromatic carbocycles. The van der Waals surface area contributed by atoms with E-state index in [2.05, 4.69) is 26.1 Å². The fourth-order valence-electron chi connectivity index (χ4n) is 9.03. The molecule has 4 saturated carbocycles. The van der Waals surface area contributed by atoms with Crippen molar-refractivity contribution in [1.82, 2.24) is 5.32 Å². The van der Waals surface area contributed by atoms with Crippen LogP contribution in [0.4, 0.5) is 0 Å². The average Bonchev–Trinajstić information content (AvgIpc) is 3.13. The zero-order valence-corrected chi connectivity index (χ0v) is 23.4. The Balaban J connectivity index is 0.00000324. The number of carbonyl (C=O) groups excluding carboxylic acids is 2. The van der Waals surface area contributed by atoms with E-state index in [9.17, 15) is 30.0 Å². The Morgan fingerprint density at radius 3 is 2.44 bits per heavy atom. The van der Waals surface area contributed by atoms with Gasteiger partial charge in [-0.25, -0.2) is 0 Å². The fourth-order valence-corrected chi connectivity index (χ4v) is 9.03. The van der Waals surface area contributed by atoms with Crippen molar-refractivity contribution in [3.63, 3.8) is 0 Å². The largest absolute Gasteiger partial charge is 1.00 e. The quantitative estimate of drug-likeness (QED) is 0.333. The van der Waals surface area contributed by atoms with Crippen LogP contribution in [-0.4, -0.2) is 51.5 Å². The van der Waals surface area contributed by atoms with Gasteiger partial charge in [0.25, 0.3) is 0 Å². The van der Waals surface area contributed by atoms with Crippen molar-refractivity contribution < 1.29 is 59.6 Å². The Kier molecular flexibility index (Phi) is 8.60. The number of nitrogens with one attached hydrogen (secondary N) is 1. The van der Waals surface area contributed by atoms with Crippen LogP contribution in [0.25, 0.3) is 0 Å². The maximum atomic E-state index is 12.3. The predicted octanol–water partition coefficient (Wildman–Crippen LogP) is -1.62. The first kappa shape index (κ1) is 28.4. The standard InChI is InChI=1S/C26H43NO6.Na/c1-15(4-7-22(30)27-14-23(31)32)18-5-6-19-25(18,3)21(29)13-20-24(2)10-9-17(28)12-16(24)8-11-26(19,20)33;/h15-21,28-29,33H,4-14H2,1-3H3,(H,27,30)(H,31,32);/q;+1/p-1/t15?,16?,17-,18?,19?,20?,21+,24+,25-,26+;/m1./s1. The maximum absolute atomic E-state index is 12.3. The zero-order valence-electron chi connectivity index (χ0n) is 21.4. The van der Waals surface area contributed by atoms with Gasteiger partial charge in [-0.05, 0) is 92.8 Å². The zero-order chi connectivity index (χ0) is 24.2. The third-order valence-electron chi connectivity index (χ3n) is 10.8. The molecule has 0 radical (unpaired) electrons. The van der Waals surface area contributed by atoms with Crippen LogP contribution in [-0.2, 0) is 9.59 Å². The molecule has 5 unspecified atom stereocenters. The van der Waals surface area contributed by atoms with Gasteiger partial charge in [-0.2, -0.15) is 0 Å². The Bertz CT molecular complexity index is 780. The minimum absolute atomic E-state index is 0. The summed E-state index contributed by atoms with van der Waals surface area (Å²) in [5.74, 6) is -0.725. The summed E-state index contributed by atoms with van der Waals surface area (Å²) in [6, 6.07) is 0. The molecule has 4 aliphatic rings. The van der Waals surface area contributed by atoms with Crippen LogP contribution in [0.15, 0.2) is 0 Å². The molecule has 34 heavy (non-hydrogen) atoms.